The molecule has 0 unspecified atom stereocenters. The van der Waals surface area contributed by atoms with Gasteiger partial charge in [-0.2, -0.15) is 0 Å². The van der Waals surface area contributed by atoms with Gasteiger partial charge in [-0.05, 0) is 24.3 Å². The third-order valence-corrected chi connectivity index (χ3v) is 5.99. The molecule has 0 spiro atoms. The van der Waals surface area contributed by atoms with Gasteiger partial charge in [-0.3, -0.25) is 4.72 Å². The van der Waals surface area contributed by atoms with E-state index >= 15 is 0 Å². The van der Waals surface area contributed by atoms with E-state index in [1.807, 2.05) is 0 Å². The maximum atomic E-state index is 12.7. The lowest BCUT2D eigenvalue weighted by molar-refractivity contribution is 0.601. The highest BCUT2D eigenvalue weighted by atomic mass is 32.2. The van der Waals surface area contributed by atoms with Crippen molar-refractivity contribution in [2.45, 2.75) is 4.90 Å². The minimum atomic E-state index is -3.89. The number of nitrogens with one attached hydrogen (secondary N) is 1. The molecule has 3 aromatic heterocycles. The van der Waals surface area contributed by atoms with Crippen molar-refractivity contribution in [2.24, 2.45) is 0 Å². The molecular weight excluding hydrogens is 374 g/mol. The Morgan fingerprint density at radius 3 is 2.46 bits per heavy atom. The van der Waals surface area contributed by atoms with Crippen molar-refractivity contribution in [3.63, 3.8) is 0 Å². The van der Waals surface area contributed by atoms with Gasteiger partial charge in [0.25, 0.3) is 10.0 Å². The number of thiophene rings is 1. The smallest absolute Gasteiger partial charge is 0.263 e. The Balaban J connectivity index is 1.93. The van der Waals surface area contributed by atoms with Gasteiger partial charge in [-0.1, -0.05) is 0 Å². The predicted octanol–water partition coefficient (Wildman–Crippen LogP) is 1.79. The summed E-state index contributed by atoms with van der Waals surface area (Å²) in [4.78, 5) is 12.4. The van der Waals surface area contributed by atoms with E-state index in [1.165, 1.54) is 41.9 Å². The van der Waals surface area contributed by atoms with E-state index in [2.05, 4.69) is 19.7 Å². The molecular formula is C15H13N7O2S2. The second kappa shape index (κ2) is 5.68. The Morgan fingerprint density at radius 2 is 1.73 bits per heavy atom. The molecule has 7 N–H and O–H groups in total. The summed E-state index contributed by atoms with van der Waals surface area (Å²) in [7, 11) is -3.89. The lowest BCUT2D eigenvalue weighted by Gasteiger charge is -2.11. The minimum absolute atomic E-state index is 0.0535. The molecule has 26 heavy (non-hydrogen) atoms. The molecule has 0 bridgehead atoms. The number of hydrogen-bond acceptors (Lipinski definition) is 9. The van der Waals surface area contributed by atoms with E-state index in [0.717, 1.165) is 0 Å². The third kappa shape index (κ3) is 2.53. The molecule has 0 saturated heterocycles. The largest absolute Gasteiger partial charge is 0.399 e. The number of rotatable bonds is 3. The minimum Gasteiger partial charge on any atom is -0.399 e. The molecule has 0 atom stereocenters. The van der Waals surface area contributed by atoms with Crippen molar-refractivity contribution in [2.75, 3.05) is 21.9 Å². The van der Waals surface area contributed by atoms with Gasteiger partial charge in [0, 0.05) is 16.5 Å². The molecule has 11 heteroatoms. The number of benzene rings is 1. The number of aromatic nitrogens is 3. The van der Waals surface area contributed by atoms with E-state index in [-0.39, 0.29) is 22.2 Å². The first-order valence-electron chi connectivity index (χ1n) is 7.32. The molecule has 0 aliphatic heterocycles. The topological polar surface area (TPSA) is 163 Å². The number of sulfonamides is 1. The first kappa shape index (κ1) is 16.3. The molecule has 4 rings (SSSR count). The van der Waals surface area contributed by atoms with Crippen LogP contribution in [0.15, 0.2) is 40.9 Å². The summed E-state index contributed by atoms with van der Waals surface area (Å²) in [5, 5.41) is 3.82. The van der Waals surface area contributed by atoms with Crippen LogP contribution in [0.3, 0.4) is 0 Å². The van der Waals surface area contributed by atoms with Gasteiger partial charge in [0.05, 0.1) is 20.7 Å². The molecule has 0 saturated carbocycles. The van der Waals surface area contributed by atoms with Crippen LogP contribution in [0.1, 0.15) is 0 Å². The summed E-state index contributed by atoms with van der Waals surface area (Å²) >= 11 is 1.25. The number of hydrogen-bond donors (Lipinski definition) is 4. The van der Waals surface area contributed by atoms with Gasteiger partial charge < -0.3 is 17.2 Å². The van der Waals surface area contributed by atoms with Crippen LogP contribution in [-0.2, 0) is 10.0 Å². The van der Waals surface area contributed by atoms with Crippen molar-refractivity contribution in [3.8, 4) is 0 Å². The Kier molecular flexibility index (Phi) is 3.56. The average molecular weight is 387 g/mol. The van der Waals surface area contributed by atoms with Gasteiger partial charge in [0.15, 0.2) is 11.5 Å². The number of anilines is 4. The van der Waals surface area contributed by atoms with Crippen molar-refractivity contribution in [1.82, 2.24) is 15.0 Å². The second-order valence-electron chi connectivity index (χ2n) is 5.48. The number of pyridine rings is 1. The summed E-state index contributed by atoms with van der Waals surface area (Å²) in [6.45, 7) is 0. The highest BCUT2D eigenvalue weighted by Crippen LogP contribution is 2.39. The SMILES string of the molecule is Nc1ccc(S(=O)(=O)Nc2nc3ncnc(N)c3c3csc(N)c23)cc1. The molecule has 0 aliphatic carbocycles. The monoisotopic (exact) mass is 387 g/mol. The van der Waals surface area contributed by atoms with Crippen molar-refractivity contribution < 1.29 is 8.42 Å². The van der Waals surface area contributed by atoms with E-state index in [4.69, 9.17) is 17.2 Å². The van der Waals surface area contributed by atoms with Crippen LogP contribution < -0.4 is 21.9 Å². The molecule has 0 amide bonds. The highest BCUT2D eigenvalue weighted by molar-refractivity contribution is 7.92. The molecule has 0 radical (unpaired) electrons. The number of nitrogen functional groups attached to an aromatic ring is 3. The Morgan fingerprint density at radius 1 is 1.00 bits per heavy atom. The molecule has 9 nitrogen and oxygen atoms in total. The van der Waals surface area contributed by atoms with E-state index in [1.54, 1.807) is 5.38 Å². The second-order valence-corrected chi connectivity index (χ2v) is 8.07. The molecule has 0 aliphatic rings. The van der Waals surface area contributed by atoms with Crippen LogP contribution >= 0.6 is 11.3 Å². The van der Waals surface area contributed by atoms with Crippen LogP contribution in [0.25, 0.3) is 21.8 Å². The number of nitrogens with two attached hydrogens (primary N) is 3. The van der Waals surface area contributed by atoms with Crippen LogP contribution in [0.5, 0.6) is 0 Å². The Hall–Kier alpha value is -3.18. The van der Waals surface area contributed by atoms with Gasteiger partial charge in [-0.25, -0.2) is 23.4 Å². The number of fused-ring (bicyclic) bond motifs is 3. The fourth-order valence-corrected chi connectivity index (χ4v) is 4.42. The predicted molar refractivity (Wildman–Crippen MR) is 103 cm³/mol. The van der Waals surface area contributed by atoms with Gasteiger partial charge in [0.1, 0.15) is 12.1 Å². The van der Waals surface area contributed by atoms with E-state index in [0.29, 0.717) is 26.8 Å². The summed E-state index contributed by atoms with van der Waals surface area (Å²) in [6.07, 6.45) is 1.27. The normalized spacial score (nSPS) is 11.8. The van der Waals surface area contributed by atoms with Crippen LogP contribution in [0.2, 0.25) is 0 Å². The maximum absolute atomic E-state index is 12.7. The average Bonchev–Trinajstić information content (AvgIpc) is 2.97. The van der Waals surface area contributed by atoms with Crippen LogP contribution in [-0.4, -0.2) is 23.4 Å². The van der Waals surface area contributed by atoms with Crippen molar-refractivity contribution in [3.05, 3.63) is 36.0 Å². The fraction of sp³-hybridized carbons (Fsp3) is 0. The lowest BCUT2D eigenvalue weighted by atomic mass is 10.2. The molecule has 3 heterocycles. The van der Waals surface area contributed by atoms with Gasteiger partial charge in [-0.15, -0.1) is 11.3 Å². The molecule has 1 aromatic carbocycles. The zero-order valence-corrected chi connectivity index (χ0v) is 14.8. The van der Waals surface area contributed by atoms with E-state index in [9.17, 15) is 8.42 Å². The standard InChI is InChI=1S/C15H13N7O2S2/c16-7-1-3-8(4-2-7)26(23,24)22-15-11-9(5-25-13(11)18)10-12(17)19-6-20-14(10)21-15/h1-6H,16,18H2,(H3,17,19,20,21,22). The lowest BCUT2D eigenvalue weighted by Crippen LogP contribution is -2.14. The highest BCUT2D eigenvalue weighted by Gasteiger charge is 2.21. The molecule has 0 fully saturated rings. The van der Waals surface area contributed by atoms with Gasteiger partial charge in [0.2, 0.25) is 0 Å². The number of nitrogens with zero attached hydrogens (tertiary/aromatic N) is 3. The molecule has 4 aromatic rings. The van der Waals surface area contributed by atoms with Gasteiger partial charge >= 0.3 is 0 Å². The zero-order valence-electron chi connectivity index (χ0n) is 13.2. The van der Waals surface area contributed by atoms with Crippen LogP contribution in [0, 0.1) is 0 Å². The molecule has 132 valence electrons. The zero-order chi connectivity index (χ0) is 18.5. The van der Waals surface area contributed by atoms with E-state index < -0.39 is 10.0 Å². The summed E-state index contributed by atoms with van der Waals surface area (Å²) in [5.41, 5.74) is 18.3. The first-order chi connectivity index (χ1) is 12.4. The van der Waals surface area contributed by atoms with Crippen molar-refractivity contribution >= 4 is 65.5 Å². The summed E-state index contributed by atoms with van der Waals surface area (Å²) in [6, 6.07) is 5.83. The maximum Gasteiger partial charge on any atom is 0.263 e. The summed E-state index contributed by atoms with van der Waals surface area (Å²) in [5.74, 6) is 0.333. The summed E-state index contributed by atoms with van der Waals surface area (Å²) < 4.78 is 27.9. The Bertz CT molecular complexity index is 1250. The fourth-order valence-electron chi connectivity index (χ4n) is 2.60. The quantitative estimate of drug-likeness (QED) is 0.386. The van der Waals surface area contributed by atoms with Crippen LogP contribution in [0.4, 0.5) is 22.3 Å². The third-order valence-electron chi connectivity index (χ3n) is 3.82. The first-order valence-corrected chi connectivity index (χ1v) is 9.68. The Labute approximate surface area is 151 Å². The van der Waals surface area contributed by atoms with Crippen molar-refractivity contribution in [1.29, 1.82) is 0 Å².